The van der Waals surface area contributed by atoms with Gasteiger partial charge < -0.3 is 0 Å². The summed E-state index contributed by atoms with van der Waals surface area (Å²) >= 11 is 0. The Bertz CT molecular complexity index is 816. The van der Waals surface area contributed by atoms with Crippen LogP contribution in [0, 0.1) is 51.8 Å². The summed E-state index contributed by atoms with van der Waals surface area (Å²) < 4.78 is 0. The van der Waals surface area contributed by atoms with E-state index in [4.69, 9.17) is 0 Å². The van der Waals surface area contributed by atoms with Crippen LogP contribution in [0.4, 0.5) is 0 Å². The fourth-order valence-electron chi connectivity index (χ4n) is 6.98. The topological polar surface area (TPSA) is 23.8 Å². The first-order chi connectivity index (χ1) is 14.3. The Labute approximate surface area is 185 Å². The lowest BCUT2D eigenvalue weighted by atomic mass is 9.48. The van der Waals surface area contributed by atoms with Crippen molar-refractivity contribution in [1.29, 1.82) is 5.26 Å². The van der Waals surface area contributed by atoms with Crippen molar-refractivity contribution in [2.24, 2.45) is 40.4 Å². The molecule has 0 aromatic carbocycles. The molecular formula is C29H41N. The van der Waals surface area contributed by atoms with Gasteiger partial charge in [0.25, 0.3) is 0 Å². The third-order valence-corrected chi connectivity index (χ3v) is 9.53. The summed E-state index contributed by atoms with van der Waals surface area (Å²) in [6.45, 7) is 12.9. The Balaban J connectivity index is 1.43. The molecule has 162 valence electrons. The molecule has 4 aliphatic rings. The lowest BCUT2D eigenvalue weighted by Gasteiger charge is -2.56. The normalized spacial score (nSPS) is 40.2. The highest BCUT2D eigenvalue weighted by atomic mass is 14.6. The largest absolute Gasteiger partial charge is 0.198 e. The van der Waals surface area contributed by atoms with Crippen molar-refractivity contribution >= 4 is 0 Å². The van der Waals surface area contributed by atoms with Crippen LogP contribution in [0.25, 0.3) is 0 Å². The van der Waals surface area contributed by atoms with E-state index in [2.05, 4.69) is 64.6 Å². The predicted octanol–water partition coefficient (Wildman–Crippen LogP) is 8.17. The zero-order chi connectivity index (χ0) is 21.5. The number of allylic oxidation sites excluding steroid dienone is 7. The Morgan fingerprint density at radius 3 is 2.73 bits per heavy atom. The Hall–Kier alpha value is -1.55. The number of hydrogen-bond acceptors (Lipinski definition) is 1. The van der Waals surface area contributed by atoms with Crippen molar-refractivity contribution in [3.63, 3.8) is 0 Å². The summed E-state index contributed by atoms with van der Waals surface area (Å²) in [7, 11) is 0. The predicted molar refractivity (Wildman–Crippen MR) is 127 cm³/mol. The van der Waals surface area contributed by atoms with E-state index >= 15 is 0 Å². The van der Waals surface area contributed by atoms with E-state index in [1.807, 2.05) is 0 Å². The highest BCUT2D eigenvalue weighted by Crippen LogP contribution is 2.69. The van der Waals surface area contributed by atoms with Crippen LogP contribution in [0.2, 0.25) is 0 Å². The third kappa shape index (κ3) is 3.77. The van der Waals surface area contributed by atoms with Crippen LogP contribution in [-0.4, -0.2) is 0 Å². The molecule has 0 heterocycles. The molecule has 4 aliphatic carbocycles. The van der Waals surface area contributed by atoms with E-state index < -0.39 is 0 Å². The monoisotopic (exact) mass is 403 g/mol. The molecule has 4 rings (SSSR count). The average Bonchev–Trinajstić information content (AvgIpc) is 3.02. The minimum atomic E-state index is -0.270. The van der Waals surface area contributed by atoms with Crippen LogP contribution < -0.4 is 0 Å². The Kier molecular flexibility index (Phi) is 5.91. The van der Waals surface area contributed by atoms with Crippen LogP contribution in [0.5, 0.6) is 0 Å². The first-order valence-electron chi connectivity index (χ1n) is 12.4. The van der Waals surface area contributed by atoms with E-state index in [-0.39, 0.29) is 5.41 Å². The van der Waals surface area contributed by atoms with Crippen LogP contribution in [0.3, 0.4) is 0 Å². The molecule has 4 saturated carbocycles. The molecule has 4 fully saturated rings. The van der Waals surface area contributed by atoms with Gasteiger partial charge in [0.15, 0.2) is 0 Å². The summed E-state index contributed by atoms with van der Waals surface area (Å²) in [6, 6.07) is 2.47. The summed E-state index contributed by atoms with van der Waals surface area (Å²) in [5.41, 5.74) is 5.17. The van der Waals surface area contributed by atoms with Gasteiger partial charge >= 0.3 is 0 Å². The quantitative estimate of drug-likeness (QED) is 0.434. The van der Waals surface area contributed by atoms with Gasteiger partial charge in [-0.3, -0.25) is 0 Å². The van der Waals surface area contributed by atoms with E-state index in [0.29, 0.717) is 17.3 Å². The zero-order valence-electron chi connectivity index (χ0n) is 19.7. The fraction of sp³-hybridized carbons (Fsp3) is 0.690. The minimum absolute atomic E-state index is 0.270. The van der Waals surface area contributed by atoms with E-state index in [1.165, 1.54) is 63.4 Å². The van der Waals surface area contributed by atoms with Crippen LogP contribution in [0.15, 0.2) is 47.6 Å². The maximum absolute atomic E-state index is 9.41. The molecule has 6 atom stereocenters. The minimum Gasteiger partial charge on any atom is -0.198 e. The summed E-state index contributed by atoms with van der Waals surface area (Å²) in [6.07, 6.45) is 21.8. The summed E-state index contributed by atoms with van der Waals surface area (Å²) in [5.74, 6) is 3.44. The molecule has 0 aromatic heterocycles. The maximum Gasteiger partial charge on any atom is 0.0690 e. The highest BCUT2D eigenvalue weighted by Gasteiger charge is 2.61. The number of nitriles is 1. The molecule has 0 aromatic rings. The van der Waals surface area contributed by atoms with Crippen LogP contribution in [-0.2, 0) is 0 Å². The molecule has 30 heavy (non-hydrogen) atoms. The molecule has 0 radical (unpaired) electrons. The Morgan fingerprint density at radius 1 is 1.20 bits per heavy atom. The van der Waals surface area contributed by atoms with Gasteiger partial charge in [-0.05, 0) is 107 Å². The van der Waals surface area contributed by atoms with Gasteiger partial charge in [-0.15, -0.1) is 0 Å². The van der Waals surface area contributed by atoms with Crippen molar-refractivity contribution in [1.82, 2.24) is 0 Å². The number of rotatable bonds is 4. The average molecular weight is 404 g/mol. The lowest BCUT2D eigenvalue weighted by Crippen LogP contribution is -2.49. The van der Waals surface area contributed by atoms with E-state index in [9.17, 15) is 5.26 Å². The number of hydrogen-bond donors (Lipinski definition) is 0. The Morgan fingerprint density at radius 2 is 2.00 bits per heavy atom. The SMILES string of the molecule is C=C1CC/C(=C/C=C2\CCC[C@]34CC(/C=C/C(C)C(C)(C)C#N)C3CCC24)CC1C. The van der Waals surface area contributed by atoms with Gasteiger partial charge in [0.2, 0.25) is 0 Å². The maximum atomic E-state index is 9.41. The highest BCUT2D eigenvalue weighted by molar-refractivity contribution is 5.30. The zero-order valence-corrected chi connectivity index (χ0v) is 19.7. The molecule has 0 amide bonds. The molecule has 1 nitrogen and oxygen atoms in total. The summed E-state index contributed by atoms with van der Waals surface area (Å²) in [4.78, 5) is 0. The molecule has 0 aliphatic heterocycles. The smallest absolute Gasteiger partial charge is 0.0690 e. The van der Waals surface area contributed by atoms with Gasteiger partial charge in [0.1, 0.15) is 0 Å². The van der Waals surface area contributed by atoms with E-state index in [1.54, 1.807) is 11.1 Å². The molecule has 0 N–H and O–H groups in total. The molecule has 0 bridgehead atoms. The third-order valence-electron chi connectivity index (χ3n) is 9.53. The van der Waals surface area contributed by atoms with Gasteiger partial charge in [-0.2, -0.15) is 5.26 Å². The first kappa shape index (κ1) is 21.7. The van der Waals surface area contributed by atoms with Crippen molar-refractivity contribution in [2.75, 3.05) is 0 Å². The van der Waals surface area contributed by atoms with Crippen molar-refractivity contribution in [2.45, 2.75) is 85.5 Å². The second-order valence-corrected chi connectivity index (χ2v) is 11.5. The lowest BCUT2D eigenvalue weighted by molar-refractivity contribution is -0.0346. The molecule has 0 saturated heterocycles. The van der Waals surface area contributed by atoms with E-state index in [0.717, 1.165) is 17.8 Å². The standard InChI is InChI=1S/C29H41N/c1-20-8-10-23(17-21(20)2)11-13-24-7-6-16-29-18-25(27(29)15-14-26(24)29)12-9-22(3)28(4,5)19-30/h9,11-13,21-22,25-27H,1,6-8,10,14-18H2,2-5H3/b12-9+,23-11-,24-13+/t21?,22?,25?,26?,27?,29-/m1/s1. The summed E-state index contributed by atoms with van der Waals surface area (Å²) in [5, 5.41) is 9.41. The first-order valence-corrected chi connectivity index (χ1v) is 12.4. The molecule has 5 unspecified atom stereocenters. The second kappa shape index (κ2) is 8.18. The molecule has 1 heteroatoms. The van der Waals surface area contributed by atoms with Crippen LogP contribution >= 0.6 is 0 Å². The molecular weight excluding hydrogens is 362 g/mol. The van der Waals surface area contributed by atoms with Crippen molar-refractivity contribution in [3.05, 3.63) is 47.6 Å². The van der Waals surface area contributed by atoms with Gasteiger partial charge in [-0.1, -0.05) is 61.4 Å². The van der Waals surface area contributed by atoms with Crippen molar-refractivity contribution in [3.8, 4) is 6.07 Å². The number of nitrogens with zero attached hydrogens (tertiary/aromatic N) is 1. The van der Waals surface area contributed by atoms with Gasteiger partial charge in [-0.25, -0.2) is 0 Å². The van der Waals surface area contributed by atoms with Crippen LogP contribution in [0.1, 0.15) is 85.5 Å². The van der Waals surface area contributed by atoms with Gasteiger partial charge in [0.05, 0.1) is 11.5 Å². The fourth-order valence-corrected chi connectivity index (χ4v) is 6.98. The van der Waals surface area contributed by atoms with Crippen molar-refractivity contribution < 1.29 is 0 Å². The molecule has 1 spiro atoms. The van der Waals surface area contributed by atoms with Gasteiger partial charge in [0, 0.05) is 0 Å². The second-order valence-electron chi connectivity index (χ2n) is 11.5.